The Morgan fingerprint density at radius 1 is 1.36 bits per heavy atom. The molecule has 0 saturated carbocycles. The summed E-state index contributed by atoms with van der Waals surface area (Å²) in [5.74, 6) is 1.15. The Morgan fingerprint density at radius 3 is 2.91 bits per heavy atom. The smallest absolute Gasteiger partial charge is 0.0558 e. The van der Waals surface area contributed by atoms with Crippen LogP contribution in [0.2, 0.25) is 0 Å². The second-order valence-electron chi connectivity index (χ2n) is 6.68. The van der Waals surface area contributed by atoms with Gasteiger partial charge in [0.2, 0.25) is 0 Å². The average molecular weight is 307 g/mol. The van der Waals surface area contributed by atoms with Crippen molar-refractivity contribution < 1.29 is 9.47 Å². The molecule has 0 amide bonds. The molecule has 0 bridgehead atoms. The second-order valence-corrected chi connectivity index (χ2v) is 6.68. The van der Waals surface area contributed by atoms with Gasteiger partial charge in [0.1, 0.15) is 0 Å². The number of hydrogen-bond acceptors (Lipinski definition) is 4. The monoisotopic (exact) mass is 307 g/mol. The number of fused-ring (bicyclic) bond motifs is 1. The second kappa shape index (κ2) is 7.57. The molecule has 2 aliphatic heterocycles. The number of aromatic nitrogens is 2. The van der Waals surface area contributed by atoms with E-state index in [0.29, 0.717) is 11.8 Å². The SMILES string of the molecule is CCCN1Cc2cnn(CC3CCOCC3)c2C(COC)C1. The zero-order valence-electron chi connectivity index (χ0n) is 14.0. The van der Waals surface area contributed by atoms with Gasteiger partial charge in [-0.3, -0.25) is 9.58 Å². The molecule has 0 aromatic carbocycles. The van der Waals surface area contributed by atoms with Crippen LogP contribution < -0.4 is 0 Å². The first kappa shape index (κ1) is 16.0. The number of hydrogen-bond donors (Lipinski definition) is 0. The van der Waals surface area contributed by atoms with Crippen LogP contribution in [0, 0.1) is 5.92 Å². The van der Waals surface area contributed by atoms with E-state index >= 15 is 0 Å². The van der Waals surface area contributed by atoms with Gasteiger partial charge in [-0.05, 0) is 31.7 Å². The molecular weight excluding hydrogens is 278 g/mol. The summed E-state index contributed by atoms with van der Waals surface area (Å²) in [6.07, 6.45) is 5.60. The third kappa shape index (κ3) is 3.53. The Morgan fingerprint density at radius 2 is 2.18 bits per heavy atom. The molecule has 0 aliphatic carbocycles. The molecule has 1 fully saturated rings. The van der Waals surface area contributed by atoms with Crippen LogP contribution in [0.4, 0.5) is 0 Å². The minimum absolute atomic E-state index is 0.447. The Kier molecular flexibility index (Phi) is 5.50. The van der Waals surface area contributed by atoms with Gasteiger partial charge in [0, 0.05) is 57.1 Å². The first-order chi connectivity index (χ1) is 10.8. The first-order valence-corrected chi connectivity index (χ1v) is 8.65. The third-order valence-corrected chi connectivity index (χ3v) is 4.90. The molecular formula is C17H29N3O2. The maximum absolute atomic E-state index is 5.49. The van der Waals surface area contributed by atoms with Crippen LogP contribution in [0.25, 0.3) is 0 Å². The fraction of sp³-hybridized carbons (Fsp3) is 0.824. The van der Waals surface area contributed by atoms with E-state index in [0.717, 1.165) is 58.8 Å². The number of nitrogens with zero attached hydrogens (tertiary/aromatic N) is 3. The van der Waals surface area contributed by atoms with Crippen LogP contribution in [-0.4, -0.2) is 54.7 Å². The van der Waals surface area contributed by atoms with E-state index in [9.17, 15) is 0 Å². The lowest BCUT2D eigenvalue weighted by Crippen LogP contribution is -2.37. The van der Waals surface area contributed by atoms with Gasteiger partial charge in [-0.2, -0.15) is 5.10 Å². The van der Waals surface area contributed by atoms with Crippen molar-refractivity contribution in [2.45, 2.75) is 45.2 Å². The lowest BCUT2D eigenvalue weighted by Gasteiger charge is -2.33. The third-order valence-electron chi connectivity index (χ3n) is 4.90. The van der Waals surface area contributed by atoms with Crippen LogP contribution in [0.15, 0.2) is 6.20 Å². The highest BCUT2D eigenvalue weighted by Crippen LogP contribution is 2.30. The van der Waals surface area contributed by atoms with E-state index < -0.39 is 0 Å². The largest absolute Gasteiger partial charge is 0.384 e. The Hall–Kier alpha value is -0.910. The summed E-state index contributed by atoms with van der Waals surface area (Å²) in [6.45, 7) is 9.16. The molecule has 1 unspecified atom stereocenters. The molecule has 1 atom stereocenters. The molecule has 5 nitrogen and oxygen atoms in total. The van der Waals surface area contributed by atoms with E-state index in [-0.39, 0.29) is 0 Å². The van der Waals surface area contributed by atoms with Crippen molar-refractivity contribution >= 4 is 0 Å². The van der Waals surface area contributed by atoms with Crippen molar-refractivity contribution in [3.05, 3.63) is 17.5 Å². The lowest BCUT2D eigenvalue weighted by molar-refractivity contribution is 0.0590. The summed E-state index contributed by atoms with van der Waals surface area (Å²) in [7, 11) is 1.80. The molecule has 3 heterocycles. The highest BCUT2D eigenvalue weighted by atomic mass is 16.5. The molecule has 1 saturated heterocycles. The topological polar surface area (TPSA) is 39.5 Å². The van der Waals surface area contributed by atoms with E-state index in [1.54, 1.807) is 7.11 Å². The van der Waals surface area contributed by atoms with E-state index in [1.165, 1.54) is 17.7 Å². The zero-order valence-corrected chi connectivity index (χ0v) is 14.0. The van der Waals surface area contributed by atoms with Crippen LogP contribution in [0.5, 0.6) is 0 Å². The molecule has 22 heavy (non-hydrogen) atoms. The number of methoxy groups -OCH3 is 1. The van der Waals surface area contributed by atoms with Crippen molar-refractivity contribution in [2.75, 3.05) is 40.0 Å². The molecule has 0 spiro atoms. The van der Waals surface area contributed by atoms with Gasteiger partial charge >= 0.3 is 0 Å². The maximum atomic E-state index is 5.49. The summed E-state index contributed by atoms with van der Waals surface area (Å²) >= 11 is 0. The van der Waals surface area contributed by atoms with Crippen molar-refractivity contribution in [2.24, 2.45) is 5.92 Å². The molecule has 1 aromatic rings. The number of rotatable bonds is 6. The van der Waals surface area contributed by atoms with Gasteiger partial charge in [-0.15, -0.1) is 0 Å². The Labute approximate surface area is 133 Å². The first-order valence-electron chi connectivity index (χ1n) is 8.65. The van der Waals surface area contributed by atoms with Crippen molar-refractivity contribution in [1.82, 2.24) is 14.7 Å². The molecule has 124 valence electrons. The van der Waals surface area contributed by atoms with E-state index in [4.69, 9.17) is 14.6 Å². The van der Waals surface area contributed by atoms with E-state index in [1.807, 2.05) is 0 Å². The Balaban J connectivity index is 1.76. The zero-order chi connectivity index (χ0) is 15.4. The minimum Gasteiger partial charge on any atom is -0.384 e. The van der Waals surface area contributed by atoms with Crippen LogP contribution in [0.3, 0.4) is 0 Å². The average Bonchev–Trinajstić information content (AvgIpc) is 2.92. The van der Waals surface area contributed by atoms with Crippen LogP contribution >= 0.6 is 0 Å². The standard InChI is InChI=1S/C17H29N3O2/c1-3-6-19-11-15-9-18-20(10-14-4-7-22-8-5-14)17(15)16(12-19)13-21-2/h9,14,16H,3-8,10-13H2,1-2H3. The summed E-state index contributed by atoms with van der Waals surface area (Å²) in [5, 5.41) is 4.71. The molecule has 1 aromatic heterocycles. The van der Waals surface area contributed by atoms with Gasteiger partial charge in [0.05, 0.1) is 12.8 Å². The maximum Gasteiger partial charge on any atom is 0.0558 e. The molecule has 5 heteroatoms. The molecule has 0 radical (unpaired) electrons. The van der Waals surface area contributed by atoms with Crippen molar-refractivity contribution in [3.63, 3.8) is 0 Å². The fourth-order valence-electron chi connectivity index (χ4n) is 3.87. The van der Waals surface area contributed by atoms with Gasteiger partial charge in [-0.25, -0.2) is 0 Å². The van der Waals surface area contributed by atoms with Crippen LogP contribution in [0.1, 0.15) is 43.4 Å². The summed E-state index contributed by atoms with van der Waals surface area (Å²) in [5.41, 5.74) is 2.81. The summed E-state index contributed by atoms with van der Waals surface area (Å²) < 4.78 is 13.2. The van der Waals surface area contributed by atoms with Gasteiger partial charge in [0.25, 0.3) is 0 Å². The predicted molar refractivity (Wildman–Crippen MR) is 86.0 cm³/mol. The summed E-state index contributed by atoms with van der Waals surface area (Å²) in [4.78, 5) is 2.53. The van der Waals surface area contributed by atoms with Crippen LogP contribution in [-0.2, 0) is 22.6 Å². The molecule has 0 N–H and O–H groups in total. The molecule has 2 aliphatic rings. The van der Waals surface area contributed by atoms with Gasteiger partial charge in [0.15, 0.2) is 0 Å². The molecule has 3 rings (SSSR count). The minimum atomic E-state index is 0.447. The van der Waals surface area contributed by atoms with Crippen molar-refractivity contribution in [1.29, 1.82) is 0 Å². The van der Waals surface area contributed by atoms with E-state index in [2.05, 4.69) is 22.7 Å². The summed E-state index contributed by atoms with van der Waals surface area (Å²) in [6, 6.07) is 0. The highest BCUT2D eigenvalue weighted by molar-refractivity contribution is 5.25. The van der Waals surface area contributed by atoms with Gasteiger partial charge < -0.3 is 9.47 Å². The Bertz CT molecular complexity index is 468. The fourth-order valence-corrected chi connectivity index (χ4v) is 3.87. The van der Waals surface area contributed by atoms with Gasteiger partial charge in [-0.1, -0.05) is 6.92 Å². The highest BCUT2D eigenvalue weighted by Gasteiger charge is 2.29. The lowest BCUT2D eigenvalue weighted by atomic mass is 9.95. The predicted octanol–water partition coefficient (Wildman–Crippen LogP) is 2.27. The normalized spacial score (nSPS) is 23.6. The quantitative estimate of drug-likeness (QED) is 0.808. The van der Waals surface area contributed by atoms with Crippen molar-refractivity contribution in [3.8, 4) is 0 Å². The number of ether oxygens (including phenoxy) is 2.